The molecule has 0 bridgehead atoms. The normalized spacial score (nSPS) is 12.4. The number of hydrogen-bond acceptors (Lipinski definition) is 6. The number of aryl methyl sites for hydroxylation is 1. The van der Waals surface area contributed by atoms with Crippen LogP contribution in [0.5, 0.6) is 11.5 Å². The quantitative estimate of drug-likeness (QED) is 0.568. The van der Waals surface area contributed by atoms with Crippen molar-refractivity contribution in [3.05, 3.63) is 82.9 Å². The summed E-state index contributed by atoms with van der Waals surface area (Å²) in [5.74, 6) is 1.20. The van der Waals surface area contributed by atoms with E-state index in [0.29, 0.717) is 35.8 Å². The molecule has 0 radical (unpaired) electrons. The van der Waals surface area contributed by atoms with Crippen molar-refractivity contribution in [1.82, 2.24) is 5.32 Å². The minimum absolute atomic E-state index is 0.185. The summed E-state index contributed by atoms with van der Waals surface area (Å²) in [5, 5.41) is 6.26. The van der Waals surface area contributed by atoms with Crippen molar-refractivity contribution in [3.63, 3.8) is 0 Å². The highest BCUT2D eigenvalue weighted by molar-refractivity contribution is 7.90. The zero-order valence-electron chi connectivity index (χ0n) is 17.8. The molecule has 0 saturated heterocycles. The Labute approximate surface area is 187 Å². The average molecular weight is 453 g/mol. The second kappa shape index (κ2) is 8.92. The molecule has 1 amide bonds. The number of carbonyl (C=O) groups is 1. The Balaban J connectivity index is 1.44. The van der Waals surface area contributed by atoms with E-state index >= 15 is 0 Å². The van der Waals surface area contributed by atoms with Crippen LogP contribution < -0.4 is 20.1 Å². The summed E-state index contributed by atoms with van der Waals surface area (Å²) in [6.07, 6.45) is 1.18. The summed E-state index contributed by atoms with van der Waals surface area (Å²) in [6, 6.07) is 17.9. The van der Waals surface area contributed by atoms with Crippen molar-refractivity contribution in [3.8, 4) is 11.5 Å². The van der Waals surface area contributed by atoms with Crippen LogP contribution in [0.15, 0.2) is 65.6 Å². The van der Waals surface area contributed by atoms with Crippen molar-refractivity contribution < 1.29 is 22.7 Å². The fourth-order valence-electron chi connectivity index (χ4n) is 3.49. The van der Waals surface area contributed by atoms with E-state index in [9.17, 15) is 13.2 Å². The number of fused-ring (bicyclic) bond motifs is 1. The molecule has 1 aliphatic heterocycles. The molecule has 0 unspecified atom stereocenters. The third-order valence-electron chi connectivity index (χ3n) is 5.22. The van der Waals surface area contributed by atoms with Gasteiger partial charge in [0.25, 0.3) is 5.91 Å². The van der Waals surface area contributed by atoms with Crippen LogP contribution in [-0.2, 0) is 22.9 Å². The van der Waals surface area contributed by atoms with Crippen LogP contribution in [0.2, 0.25) is 0 Å². The van der Waals surface area contributed by atoms with Crippen LogP contribution in [0.1, 0.15) is 27.0 Å². The van der Waals surface area contributed by atoms with Gasteiger partial charge in [0.15, 0.2) is 21.3 Å². The Morgan fingerprint density at radius 2 is 1.66 bits per heavy atom. The fraction of sp³-hybridized carbons (Fsp3) is 0.208. The molecule has 8 heteroatoms. The van der Waals surface area contributed by atoms with E-state index in [-0.39, 0.29) is 17.6 Å². The molecule has 0 fully saturated rings. The van der Waals surface area contributed by atoms with Gasteiger partial charge in [-0.25, -0.2) is 8.42 Å². The highest BCUT2D eigenvalue weighted by Crippen LogP contribution is 2.32. The van der Waals surface area contributed by atoms with Gasteiger partial charge in [-0.3, -0.25) is 4.79 Å². The number of carbonyl (C=O) groups excluding carboxylic acids is 1. The molecule has 1 aliphatic rings. The number of amides is 1. The molecule has 0 atom stereocenters. The summed E-state index contributed by atoms with van der Waals surface area (Å²) in [4.78, 5) is 13.3. The largest absolute Gasteiger partial charge is 0.454 e. The standard InChI is InChI=1S/C24H24N2O5S/c1-16-4-3-5-20(25-13-17-6-9-19(10-7-17)32(2,28)29)23(16)24(27)26-14-18-8-11-21-22(12-18)31-15-30-21/h3-12,25H,13-15H2,1-2H3,(H,26,27). The number of anilines is 1. The van der Waals surface area contributed by atoms with Gasteiger partial charge in [0, 0.05) is 25.0 Å². The predicted molar refractivity (Wildman–Crippen MR) is 122 cm³/mol. The Bertz CT molecular complexity index is 1250. The van der Waals surface area contributed by atoms with Crippen LogP contribution in [0.25, 0.3) is 0 Å². The summed E-state index contributed by atoms with van der Waals surface area (Å²) >= 11 is 0. The summed E-state index contributed by atoms with van der Waals surface area (Å²) in [7, 11) is -3.23. The highest BCUT2D eigenvalue weighted by Gasteiger charge is 2.16. The van der Waals surface area contributed by atoms with E-state index in [1.807, 2.05) is 43.3 Å². The maximum absolute atomic E-state index is 13.0. The molecule has 0 saturated carbocycles. The van der Waals surface area contributed by atoms with Gasteiger partial charge in [-0.15, -0.1) is 0 Å². The molecule has 4 rings (SSSR count). The average Bonchev–Trinajstić information content (AvgIpc) is 3.23. The zero-order valence-corrected chi connectivity index (χ0v) is 18.7. The molecule has 7 nitrogen and oxygen atoms in total. The van der Waals surface area contributed by atoms with E-state index in [4.69, 9.17) is 9.47 Å². The monoisotopic (exact) mass is 452 g/mol. The number of benzene rings is 3. The molecule has 32 heavy (non-hydrogen) atoms. The topological polar surface area (TPSA) is 93.7 Å². The van der Waals surface area contributed by atoms with Crippen LogP contribution in [0.3, 0.4) is 0 Å². The van der Waals surface area contributed by atoms with Crippen molar-refractivity contribution in [2.24, 2.45) is 0 Å². The van der Waals surface area contributed by atoms with Gasteiger partial charge in [-0.1, -0.05) is 30.3 Å². The zero-order chi connectivity index (χ0) is 22.7. The lowest BCUT2D eigenvalue weighted by Crippen LogP contribution is -2.25. The van der Waals surface area contributed by atoms with Gasteiger partial charge in [0.1, 0.15) is 0 Å². The van der Waals surface area contributed by atoms with E-state index in [2.05, 4.69) is 10.6 Å². The van der Waals surface area contributed by atoms with Crippen LogP contribution >= 0.6 is 0 Å². The second-order valence-electron chi connectivity index (χ2n) is 7.64. The third kappa shape index (κ3) is 4.86. The SMILES string of the molecule is Cc1cccc(NCc2ccc(S(C)(=O)=O)cc2)c1C(=O)NCc1ccc2c(c1)OCO2. The van der Waals surface area contributed by atoms with Gasteiger partial charge in [0.05, 0.1) is 10.5 Å². The number of hydrogen-bond donors (Lipinski definition) is 2. The van der Waals surface area contributed by atoms with Crippen LogP contribution in [0, 0.1) is 6.92 Å². The molecule has 0 spiro atoms. The first-order chi connectivity index (χ1) is 15.3. The predicted octanol–water partition coefficient (Wildman–Crippen LogP) is 3.67. The van der Waals surface area contributed by atoms with E-state index < -0.39 is 9.84 Å². The lowest BCUT2D eigenvalue weighted by Gasteiger charge is -2.15. The van der Waals surface area contributed by atoms with Gasteiger partial charge < -0.3 is 20.1 Å². The van der Waals surface area contributed by atoms with Crippen molar-refractivity contribution >= 4 is 21.4 Å². The number of nitrogens with one attached hydrogen (secondary N) is 2. The lowest BCUT2D eigenvalue weighted by atomic mass is 10.0. The minimum atomic E-state index is -3.23. The second-order valence-corrected chi connectivity index (χ2v) is 9.65. The summed E-state index contributed by atoms with van der Waals surface area (Å²) < 4.78 is 34.0. The fourth-order valence-corrected chi connectivity index (χ4v) is 4.12. The number of sulfone groups is 1. The first-order valence-electron chi connectivity index (χ1n) is 10.1. The molecule has 3 aromatic rings. The highest BCUT2D eigenvalue weighted by atomic mass is 32.2. The smallest absolute Gasteiger partial charge is 0.253 e. The Morgan fingerprint density at radius 1 is 0.938 bits per heavy atom. The molecule has 2 N–H and O–H groups in total. The van der Waals surface area contributed by atoms with E-state index in [1.165, 1.54) is 6.26 Å². The molecule has 0 aromatic heterocycles. The van der Waals surface area contributed by atoms with Gasteiger partial charge in [-0.2, -0.15) is 0 Å². The molecular formula is C24H24N2O5S. The Hall–Kier alpha value is -3.52. The number of rotatable bonds is 7. The lowest BCUT2D eigenvalue weighted by molar-refractivity contribution is 0.0951. The third-order valence-corrected chi connectivity index (χ3v) is 6.35. The summed E-state index contributed by atoms with van der Waals surface area (Å²) in [6.45, 7) is 2.91. The van der Waals surface area contributed by atoms with Crippen LogP contribution in [-0.4, -0.2) is 27.4 Å². The van der Waals surface area contributed by atoms with E-state index in [0.717, 1.165) is 16.7 Å². The Morgan fingerprint density at radius 3 is 2.41 bits per heavy atom. The molecule has 1 heterocycles. The van der Waals surface area contributed by atoms with E-state index in [1.54, 1.807) is 24.3 Å². The number of ether oxygens (including phenoxy) is 2. The first kappa shape index (κ1) is 21.7. The Kier molecular flexibility index (Phi) is 6.05. The molecule has 3 aromatic carbocycles. The molecule has 166 valence electrons. The first-order valence-corrected chi connectivity index (χ1v) is 12.0. The van der Waals surface area contributed by atoms with Gasteiger partial charge >= 0.3 is 0 Å². The van der Waals surface area contributed by atoms with Crippen molar-refractivity contribution in [2.75, 3.05) is 18.4 Å². The van der Waals surface area contributed by atoms with Crippen molar-refractivity contribution in [2.45, 2.75) is 24.9 Å². The maximum atomic E-state index is 13.0. The molecule has 0 aliphatic carbocycles. The maximum Gasteiger partial charge on any atom is 0.253 e. The van der Waals surface area contributed by atoms with Gasteiger partial charge in [-0.05, 0) is 53.9 Å². The van der Waals surface area contributed by atoms with Crippen molar-refractivity contribution in [1.29, 1.82) is 0 Å². The van der Waals surface area contributed by atoms with Gasteiger partial charge in [0.2, 0.25) is 6.79 Å². The minimum Gasteiger partial charge on any atom is -0.454 e. The summed E-state index contributed by atoms with van der Waals surface area (Å²) in [5.41, 5.74) is 3.95. The molecular weight excluding hydrogens is 428 g/mol. The van der Waals surface area contributed by atoms with Crippen LogP contribution in [0.4, 0.5) is 5.69 Å².